The van der Waals surface area contributed by atoms with Gasteiger partial charge in [-0.25, -0.2) is 0 Å². The minimum atomic E-state index is -1.34. The number of hydrogen-bond acceptors (Lipinski definition) is 20. The number of methoxy groups -OCH3 is 10. The van der Waals surface area contributed by atoms with E-state index in [0.717, 1.165) is 55.9 Å². The second-order valence-corrected chi connectivity index (χ2v) is 26.0. The zero-order valence-electron chi connectivity index (χ0n) is 62.1. The first-order chi connectivity index (χ1) is 53.3. The molecule has 20 heteroatoms. The molecule has 0 aliphatic heterocycles. The molecule has 2 aliphatic carbocycles. The molecule has 0 aromatic heterocycles. The molecule has 109 heavy (non-hydrogen) atoms. The van der Waals surface area contributed by atoms with Gasteiger partial charge < -0.3 is 97.6 Å². The van der Waals surface area contributed by atoms with E-state index in [2.05, 4.69) is 92.4 Å². The average molecular weight is 1470 g/mol. The van der Waals surface area contributed by atoms with E-state index in [1.165, 1.54) is 0 Å². The molecule has 6 N–H and O–H groups in total. The molecule has 0 heterocycles. The molecule has 0 amide bonds. The molecule has 12 aromatic rings. The third-order valence-electron chi connectivity index (χ3n) is 20.7. The van der Waals surface area contributed by atoms with Gasteiger partial charge in [0, 0.05) is 80.9 Å². The zero-order chi connectivity index (χ0) is 76.4. The lowest BCUT2D eigenvalue weighted by Crippen LogP contribution is -2.27. The molecule has 0 saturated heterocycles. The summed E-state index contributed by atoms with van der Waals surface area (Å²) in [6, 6.07) is 71.7. The average Bonchev–Trinajstić information content (AvgIpc) is 1.50. The number of ether oxygens (including phenoxy) is 10. The Kier molecular flexibility index (Phi) is 21.0. The summed E-state index contributed by atoms with van der Waals surface area (Å²) in [7, 11) is 16.0. The van der Waals surface area contributed by atoms with E-state index in [0.29, 0.717) is 148 Å². The Bertz CT molecular complexity index is 4530. The van der Waals surface area contributed by atoms with Gasteiger partial charge in [0.25, 0.3) is 0 Å². The summed E-state index contributed by atoms with van der Waals surface area (Å²) in [5.74, 6) is 5.05. The van der Waals surface area contributed by atoms with Crippen molar-refractivity contribution in [2.75, 3.05) is 90.7 Å². The highest BCUT2D eigenvalue weighted by Gasteiger charge is 2.53. The van der Waals surface area contributed by atoms with Gasteiger partial charge in [0.2, 0.25) is 0 Å². The quantitative estimate of drug-likeness (QED) is 0.0268. The van der Waals surface area contributed by atoms with Crippen LogP contribution in [0.15, 0.2) is 218 Å². The number of anilines is 12. The molecule has 0 atom stereocenters. The molecule has 0 unspecified atom stereocenters. The summed E-state index contributed by atoms with van der Waals surface area (Å²) in [6.45, 7) is -2.02. The fraction of sp³-hybridized carbons (Fsp3) is 0.191. The van der Waals surface area contributed by atoms with E-state index in [1.807, 2.05) is 146 Å². The molecule has 0 bridgehead atoms. The van der Waals surface area contributed by atoms with Crippen molar-refractivity contribution in [3.05, 3.63) is 274 Å². The number of benzene rings is 12. The van der Waals surface area contributed by atoms with Crippen LogP contribution in [0.1, 0.15) is 55.6 Å². The van der Waals surface area contributed by atoms with Gasteiger partial charge in [-0.05, 0) is 224 Å². The molecule has 0 radical (unpaired) electrons. The Morgan fingerprint density at radius 2 is 0.376 bits per heavy atom. The highest BCUT2D eigenvalue weighted by Crippen LogP contribution is 2.66. The van der Waals surface area contributed by atoms with Crippen LogP contribution in [0.4, 0.5) is 68.2 Å². The van der Waals surface area contributed by atoms with Crippen molar-refractivity contribution in [1.29, 1.82) is 0 Å². The molecule has 2 aliphatic rings. The number of nitrogens with zero attached hydrogens (tertiary/aromatic N) is 4. The van der Waals surface area contributed by atoms with Crippen LogP contribution in [0, 0.1) is 0 Å². The Labute approximate surface area is 632 Å². The van der Waals surface area contributed by atoms with Gasteiger partial charge in [0.1, 0.15) is 11.5 Å². The number of aliphatic hydroxyl groups is 6. The summed E-state index contributed by atoms with van der Waals surface area (Å²) in [4.78, 5) is 8.44. The third-order valence-corrected chi connectivity index (χ3v) is 20.7. The smallest absolute Gasteiger partial charge is 0.162 e. The van der Waals surface area contributed by atoms with Crippen LogP contribution in [0.3, 0.4) is 0 Å². The molecule has 556 valence electrons. The van der Waals surface area contributed by atoms with Crippen LogP contribution in [0.25, 0.3) is 22.3 Å². The molecule has 14 rings (SSSR count). The molecular formula is C89H84N4O16. The summed E-state index contributed by atoms with van der Waals surface area (Å²) < 4.78 is 59.3. The third kappa shape index (κ3) is 12.8. The first kappa shape index (κ1) is 73.5. The summed E-state index contributed by atoms with van der Waals surface area (Å²) >= 11 is 0. The van der Waals surface area contributed by atoms with E-state index in [4.69, 9.17) is 47.4 Å². The number of aliphatic hydroxyl groups excluding tert-OH is 6. The Balaban J connectivity index is 1.15. The van der Waals surface area contributed by atoms with Crippen molar-refractivity contribution >= 4 is 68.2 Å². The number of hydrogen-bond donors (Lipinski definition) is 6. The maximum absolute atomic E-state index is 11.1. The predicted octanol–water partition coefficient (Wildman–Crippen LogP) is 16.9. The summed E-state index contributed by atoms with van der Waals surface area (Å²) in [5, 5.41) is 65.6. The second kappa shape index (κ2) is 31.2. The minimum Gasteiger partial charge on any atom is -0.496 e. The van der Waals surface area contributed by atoms with Crippen LogP contribution < -0.4 is 67.0 Å². The highest BCUT2D eigenvalue weighted by atomic mass is 16.5. The maximum atomic E-state index is 11.1. The van der Waals surface area contributed by atoms with Crippen molar-refractivity contribution in [3.63, 3.8) is 0 Å². The second-order valence-electron chi connectivity index (χ2n) is 26.0. The van der Waals surface area contributed by atoms with Crippen molar-refractivity contribution in [2.45, 2.75) is 45.1 Å². The van der Waals surface area contributed by atoms with E-state index in [-0.39, 0.29) is 39.6 Å². The standard InChI is InChI=1S/C89H84N4O16/c1-100-79-29-19-61(37-57(79)51-98)90(59-13-11-53(47-94)55(35-59)49-96)63-15-25-71-73-27-17-65(92(67-21-31-81(102-3)85(43-67)106-7)68-22-32-82(103-4)86(44-68)107-8)41-77(73)89(75(71)39-63)76-40-64(91(60-14-12-54(48-95)56(36-60)50-97)62-20-30-80(101-2)58(38-62)52-99)16-26-72(76)74-28-18-66(42-78(74)89)93(69-23-33-83(104-5)87(45-69)108-9)70-24-34-84(105-6)88(46-70)109-10/h11-46,94-99H,47-52H2,1-10H3. The van der Waals surface area contributed by atoms with Crippen LogP contribution in [0.5, 0.6) is 57.5 Å². The maximum Gasteiger partial charge on any atom is 0.162 e. The van der Waals surface area contributed by atoms with Gasteiger partial charge in [-0.2, -0.15) is 0 Å². The molecule has 0 saturated carbocycles. The molecular weight excluding hydrogens is 1380 g/mol. The largest absolute Gasteiger partial charge is 0.496 e. The predicted molar refractivity (Wildman–Crippen MR) is 423 cm³/mol. The van der Waals surface area contributed by atoms with Crippen molar-refractivity contribution in [2.24, 2.45) is 0 Å². The van der Waals surface area contributed by atoms with E-state index < -0.39 is 5.41 Å². The van der Waals surface area contributed by atoms with Gasteiger partial charge in [0.15, 0.2) is 46.0 Å². The molecule has 12 aromatic carbocycles. The van der Waals surface area contributed by atoms with Gasteiger partial charge >= 0.3 is 0 Å². The lowest BCUT2D eigenvalue weighted by atomic mass is 9.70. The first-order valence-electron chi connectivity index (χ1n) is 35.2. The van der Waals surface area contributed by atoms with Crippen molar-refractivity contribution in [3.8, 4) is 79.7 Å². The highest BCUT2D eigenvalue weighted by molar-refractivity contribution is 6.00. The van der Waals surface area contributed by atoms with Gasteiger partial charge in [-0.1, -0.05) is 36.4 Å². The molecule has 20 nitrogen and oxygen atoms in total. The van der Waals surface area contributed by atoms with Crippen LogP contribution in [-0.4, -0.2) is 102 Å². The molecule has 1 spiro atoms. The number of rotatable bonds is 28. The van der Waals surface area contributed by atoms with E-state index in [9.17, 15) is 30.6 Å². The lowest BCUT2D eigenvalue weighted by Gasteiger charge is -2.35. The zero-order valence-corrected chi connectivity index (χ0v) is 62.1. The molecule has 0 fully saturated rings. The van der Waals surface area contributed by atoms with Crippen molar-refractivity contribution in [1.82, 2.24) is 0 Å². The van der Waals surface area contributed by atoms with Gasteiger partial charge in [-0.15, -0.1) is 0 Å². The Morgan fingerprint density at radius 1 is 0.193 bits per heavy atom. The Morgan fingerprint density at radius 3 is 0.596 bits per heavy atom. The minimum absolute atomic E-state index is 0.308. The van der Waals surface area contributed by atoms with Gasteiger partial charge in [0.05, 0.1) is 139 Å². The van der Waals surface area contributed by atoms with Crippen LogP contribution >= 0.6 is 0 Å². The number of fused-ring (bicyclic) bond motifs is 10. The monoisotopic (exact) mass is 1460 g/mol. The topological polar surface area (TPSA) is 227 Å². The Hall–Kier alpha value is -12.4. The van der Waals surface area contributed by atoms with Crippen LogP contribution in [-0.2, 0) is 45.1 Å². The fourth-order valence-electron chi connectivity index (χ4n) is 15.5. The van der Waals surface area contributed by atoms with Crippen LogP contribution in [0.2, 0.25) is 0 Å². The van der Waals surface area contributed by atoms with E-state index >= 15 is 0 Å². The SMILES string of the molecule is COc1ccc(N(c2ccc(CO)c(CO)c2)c2ccc3c(c2)C2(c4cc(N(c5ccc(CO)c(CO)c5)c5ccc(OC)c(CO)c5)ccc4-c4ccc(N(c5ccc(OC)c(OC)c5)c5ccc(OC)c(OC)c5)cc42)c2cc(N(c4ccc(OC)c(OC)c4)c4ccc(OC)c(OC)c4)ccc2-3)cc1CO. The fourth-order valence-corrected chi connectivity index (χ4v) is 15.5. The summed E-state index contributed by atoms with van der Waals surface area (Å²) in [5.41, 5.74) is 17.2. The normalized spacial score (nSPS) is 12.0. The van der Waals surface area contributed by atoms with Gasteiger partial charge in [-0.3, -0.25) is 0 Å². The van der Waals surface area contributed by atoms with Crippen molar-refractivity contribution < 1.29 is 78.0 Å². The lowest BCUT2D eigenvalue weighted by molar-refractivity contribution is 0.260. The first-order valence-corrected chi connectivity index (χ1v) is 35.2. The summed E-state index contributed by atoms with van der Waals surface area (Å²) in [6.07, 6.45) is 0. The van der Waals surface area contributed by atoms with E-state index in [1.54, 1.807) is 71.1 Å².